The summed E-state index contributed by atoms with van der Waals surface area (Å²) in [6.45, 7) is 6.45. The van der Waals surface area contributed by atoms with E-state index in [2.05, 4.69) is 19.2 Å². The Labute approximate surface area is 104 Å². The van der Waals surface area contributed by atoms with Gasteiger partial charge < -0.3 is 10.4 Å². The molecule has 0 aromatic rings. The molecule has 1 fully saturated rings. The van der Waals surface area contributed by atoms with Gasteiger partial charge >= 0.3 is 0 Å². The van der Waals surface area contributed by atoms with E-state index in [-0.39, 0.29) is 12.0 Å². The molecule has 100 valence electrons. The summed E-state index contributed by atoms with van der Waals surface area (Å²) in [6.07, 6.45) is 2.70. The number of nitrogens with one attached hydrogen (secondary N) is 1. The number of carbonyl (C=O) groups is 1. The van der Waals surface area contributed by atoms with Gasteiger partial charge in [-0.25, -0.2) is 0 Å². The van der Waals surface area contributed by atoms with Crippen molar-refractivity contribution in [3.8, 4) is 0 Å². The molecule has 0 spiro atoms. The highest BCUT2D eigenvalue weighted by Crippen LogP contribution is 2.27. The number of hydrogen-bond acceptors (Lipinski definition) is 3. The van der Waals surface area contributed by atoms with Crippen LogP contribution in [0.1, 0.15) is 33.1 Å². The highest BCUT2D eigenvalue weighted by Gasteiger charge is 2.28. The molecule has 1 aliphatic carbocycles. The minimum absolute atomic E-state index is 0.103. The Kier molecular flexibility index (Phi) is 5.92. The number of amides is 1. The van der Waals surface area contributed by atoms with Crippen LogP contribution in [0.5, 0.6) is 0 Å². The molecule has 0 radical (unpaired) electrons. The molecule has 4 nitrogen and oxygen atoms in total. The SMILES string of the molecule is CC(C)CCNC(=O)CN(C)CC1CC(O)C1. The van der Waals surface area contributed by atoms with E-state index >= 15 is 0 Å². The van der Waals surface area contributed by atoms with Gasteiger partial charge in [-0.1, -0.05) is 13.8 Å². The van der Waals surface area contributed by atoms with Crippen molar-refractivity contribution >= 4 is 5.91 Å². The van der Waals surface area contributed by atoms with Crippen LogP contribution in [0.15, 0.2) is 0 Å². The van der Waals surface area contributed by atoms with Crippen LogP contribution in [0.4, 0.5) is 0 Å². The van der Waals surface area contributed by atoms with Gasteiger partial charge in [0.1, 0.15) is 0 Å². The summed E-state index contributed by atoms with van der Waals surface area (Å²) < 4.78 is 0. The van der Waals surface area contributed by atoms with Gasteiger partial charge in [0, 0.05) is 13.1 Å². The minimum atomic E-state index is -0.103. The molecule has 1 saturated carbocycles. The molecule has 0 unspecified atom stereocenters. The van der Waals surface area contributed by atoms with E-state index in [0.717, 1.165) is 32.4 Å². The molecule has 1 rings (SSSR count). The molecule has 0 atom stereocenters. The van der Waals surface area contributed by atoms with Crippen LogP contribution in [-0.2, 0) is 4.79 Å². The number of aliphatic hydroxyl groups excluding tert-OH is 1. The molecular formula is C13H26N2O2. The standard InChI is InChI=1S/C13H26N2O2/c1-10(2)4-5-14-13(17)9-15(3)8-11-6-12(16)7-11/h10-12,16H,4-9H2,1-3H3,(H,14,17). The van der Waals surface area contributed by atoms with Crippen molar-refractivity contribution in [3.05, 3.63) is 0 Å². The lowest BCUT2D eigenvalue weighted by Crippen LogP contribution is -2.41. The average molecular weight is 242 g/mol. The topological polar surface area (TPSA) is 52.6 Å². The van der Waals surface area contributed by atoms with E-state index in [1.165, 1.54) is 0 Å². The Balaban J connectivity index is 2.04. The maximum Gasteiger partial charge on any atom is 0.234 e. The molecular weight excluding hydrogens is 216 g/mol. The fraction of sp³-hybridized carbons (Fsp3) is 0.923. The van der Waals surface area contributed by atoms with Crippen LogP contribution in [0.2, 0.25) is 0 Å². The average Bonchev–Trinajstić information content (AvgIpc) is 2.14. The second-order valence-electron chi connectivity index (χ2n) is 5.72. The third-order valence-electron chi connectivity index (χ3n) is 3.24. The van der Waals surface area contributed by atoms with Crippen molar-refractivity contribution in [1.29, 1.82) is 0 Å². The Morgan fingerprint density at radius 1 is 1.47 bits per heavy atom. The molecule has 17 heavy (non-hydrogen) atoms. The van der Waals surface area contributed by atoms with Crippen LogP contribution in [0.3, 0.4) is 0 Å². The van der Waals surface area contributed by atoms with E-state index in [1.807, 2.05) is 11.9 Å². The third-order valence-corrected chi connectivity index (χ3v) is 3.24. The Morgan fingerprint density at radius 2 is 2.12 bits per heavy atom. The molecule has 2 N–H and O–H groups in total. The first-order valence-corrected chi connectivity index (χ1v) is 6.60. The summed E-state index contributed by atoms with van der Waals surface area (Å²) in [7, 11) is 1.97. The molecule has 1 amide bonds. The quantitative estimate of drug-likeness (QED) is 0.696. The number of hydrogen-bond donors (Lipinski definition) is 2. The summed E-state index contributed by atoms with van der Waals surface area (Å²) in [4.78, 5) is 13.6. The summed E-state index contributed by atoms with van der Waals surface area (Å²) in [5.74, 6) is 1.30. The highest BCUT2D eigenvalue weighted by molar-refractivity contribution is 5.77. The Hall–Kier alpha value is -0.610. The van der Waals surface area contributed by atoms with Gasteiger partial charge in [0.15, 0.2) is 0 Å². The zero-order valence-electron chi connectivity index (χ0n) is 11.3. The molecule has 0 heterocycles. The smallest absolute Gasteiger partial charge is 0.234 e. The lowest BCUT2D eigenvalue weighted by atomic mass is 9.82. The van der Waals surface area contributed by atoms with E-state index in [4.69, 9.17) is 0 Å². The molecule has 0 aliphatic heterocycles. The fourth-order valence-corrected chi connectivity index (χ4v) is 2.16. The van der Waals surface area contributed by atoms with E-state index in [9.17, 15) is 9.90 Å². The molecule has 1 aliphatic rings. The van der Waals surface area contributed by atoms with Gasteiger partial charge in [-0.2, -0.15) is 0 Å². The zero-order valence-corrected chi connectivity index (χ0v) is 11.3. The summed E-state index contributed by atoms with van der Waals surface area (Å²) in [6, 6.07) is 0. The number of aliphatic hydroxyl groups is 1. The summed E-state index contributed by atoms with van der Waals surface area (Å²) in [5.41, 5.74) is 0. The largest absolute Gasteiger partial charge is 0.393 e. The van der Waals surface area contributed by atoms with Crippen LogP contribution in [0, 0.1) is 11.8 Å². The van der Waals surface area contributed by atoms with Gasteiger partial charge in [-0.05, 0) is 38.1 Å². The predicted octanol–water partition coefficient (Wildman–Crippen LogP) is 0.851. The third kappa shape index (κ3) is 6.03. The second-order valence-corrected chi connectivity index (χ2v) is 5.72. The van der Waals surface area contributed by atoms with Gasteiger partial charge in [0.2, 0.25) is 5.91 Å². The van der Waals surface area contributed by atoms with Gasteiger partial charge in [-0.3, -0.25) is 9.69 Å². The Bertz CT molecular complexity index is 238. The van der Waals surface area contributed by atoms with Crippen LogP contribution >= 0.6 is 0 Å². The number of carbonyl (C=O) groups excluding carboxylic acids is 1. The van der Waals surface area contributed by atoms with E-state index < -0.39 is 0 Å². The summed E-state index contributed by atoms with van der Waals surface area (Å²) >= 11 is 0. The summed E-state index contributed by atoms with van der Waals surface area (Å²) in [5, 5.41) is 12.1. The van der Waals surface area contributed by atoms with Gasteiger partial charge in [0.05, 0.1) is 12.6 Å². The lowest BCUT2D eigenvalue weighted by Gasteiger charge is -2.34. The number of likely N-dealkylation sites (N-methyl/N-ethyl adjacent to an activating group) is 1. The van der Waals surface area contributed by atoms with E-state index in [0.29, 0.717) is 18.4 Å². The predicted molar refractivity (Wildman–Crippen MR) is 68.7 cm³/mol. The van der Waals surface area contributed by atoms with Crippen molar-refractivity contribution in [1.82, 2.24) is 10.2 Å². The number of nitrogens with zero attached hydrogens (tertiary/aromatic N) is 1. The number of rotatable bonds is 7. The van der Waals surface area contributed by atoms with Crippen molar-refractivity contribution in [3.63, 3.8) is 0 Å². The van der Waals surface area contributed by atoms with Crippen molar-refractivity contribution < 1.29 is 9.90 Å². The normalized spacial score (nSPS) is 23.9. The second kappa shape index (κ2) is 6.97. The monoisotopic (exact) mass is 242 g/mol. The molecule has 0 aromatic heterocycles. The first kappa shape index (κ1) is 14.5. The first-order chi connectivity index (χ1) is 7.97. The maximum atomic E-state index is 11.6. The van der Waals surface area contributed by atoms with Crippen LogP contribution < -0.4 is 5.32 Å². The maximum absolute atomic E-state index is 11.6. The zero-order chi connectivity index (χ0) is 12.8. The van der Waals surface area contributed by atoms with Crippen LogP contribution in [0.25, 0.3) is 0 Å². The highest BCUT2D eigenvalue weighted by atomic mass is 16.3. The molecule has 0 saturated heterocycles. The molecule has 0 aromatic carbocycles. The van der Waals surface area contributed by atoms with Crippen molar-refractivity contribution in [2.45, 2.75) is 39.2 Å². The van der Waals surface area contributed by atoms with Gasteiger partial charge in [0.25, 0.3) is 0 Å². The Morgan fingerprint density at radius 3 is 2.65 bits per heavy atom. The minimum Gasteiger partial charge on any atom is -0.393 e. The van der Waals surface area contributed by atoms with E-state index in [1.54, 1.807) is 0 Å². The fourth-order valence-electron chi connectivity index (χ4n) is 2.16. The van der Waals surface area contributed by atoms with Crippen LogP contribution in [-0.4, -0.2) is 48.7 Å². The van der Waals surface area contributed by atoms with Gasteiger partial charge in [-0.15, -0.1) is 0 Å². The molecule has 4 heteroatoms. The van der Waals surface area contributed by atoms with Crippen molar-refractivity contribution in [2.75, 3.05) is 26.7 Å². The van der Waals surface area contributed by atoms with Crippen molar-refractivity contribution in [2.24, 2.45) is 11.8 Å². The first-order valence-electron chi connectivity index (χ1n) is 6.60. The molecule has 0 bridgehead atoms. The lowest BCUT2D eigenvalue weighted by molar-refractivity contribution is -0.122.